The maximum absolute atomic E-state index is 13.3. The second kappa shape index (κ2) is 8.98. The van der Waals surface area contributed by atoms with Crippen LogP contribution >= 0.6 is 0 Å². The van der Waals surface area contributed by atoms with Gasteiger partial charge >= 0.3 is 0 Å². The third-order valence-corrected chi connectivity index (χ3v) is 5.56. The van der Waals surface area contributed by atoms with Gasteiger partial charge in [-0.2, -0.15) is 0 Å². The molecule has 32 heavy (non-hydrogen) atoms. The summed E-state index contributed by atoms with van der Waals surface area (Å²) in [6.45, 7) is 3.86. The Bertz CT molecular complexity index is 1270. The zero-order valence-corrected chi connectivity index (χ0v) is 18.4. The number of para-hydroxylation sites is 1. The third kappa shape index (κ3) is 4.21. The van der Waals surface area contributed by atoms with Gasteiger partial charge in [0.05, 0.1) is 11.4 Å². The average molecular weight is 427 g/mol. The van der Waals surface area contributed by atoms with E-state index in [0.717, 1.165) is 22.5 Å². The van der Waals surface area contributed by atoms with Gasteiger partial charge in [0.1, 0.15) is 11.7 Å². The molecule has 6 nitrogen and oxygen atoms in total. The summed E-state index contributed by atoms with van der Waals surface area (Å²) in [5.41, 5.74) is 4.27. The molecule has 1 atom stereocenters. The van der Waals surface area contributed by atoms with Crippen molar-refractivity contribution >= 4 is 17.3 Å². The lowest BCUT2D eigenvalue weighted by Crippen LogP contribution is -2.29. The van der Waals surface area contributed by atoms with Crippen LogP contribution in [0, 0.1) is 13.8 Å². The molecule has 6 heteroatoms. The Morgan fingerprint density at radius 3 is 2.06 bits per heavy atom. The van der Waals surface area contributed by atoms with E-state index < -0.39 is 6.04 Å². The van der Waals surface area contributed by atoms with E-state index in [-0.39, 0.29) is 11.5 Å². The number of nitrogens with one attached hydrogen (secondary N) is 2. The molecule has 0 saturated heterocycles. The zero-order chi connectivity index (χ0) is 22.7. The average Bonchev–Trinajstić information content (AvgIpc) is 3.02. The number of aromatic nitrogens is 2. The molecule has 0 aliphatic heterocycles. The number of anilines is 2. The maximum Gasteiger partial charge on any atom is 0.295 e. The molecule has 3 aromatic carbocycles. The van der Waals surface area contributed by atoms with Crippen LogP contribution in [0.4, 0.5) is 11.4 Å². The van der Waals surface area contributed by atoms with Crippen molar-refractivity contribution < 1.29 is 4.79 Å². The number of nitrogens with zero attached hydrogens (tertiary/aromatic N) is 2. The fourth-order valence-electron chi connectivity index (χ4n) is 3.68. The number of benzene rings is 3. The first-order valence-electron chi connectivity index (χ1n) is 10.5. The minimum atomic E-state index is -0.740. The minimum Gasteiger partial charge on any atom is -0.364 e. The van der Waals surface area contributed by atoms with Crippen molar-refractivity contribution in [2.75, 3.05) is 10.6 Å². The van der Waals surface area contributed by atoms with Gasteiger partial charge in [-0.15, -0.1) is 0 Å². The Labute approximate surface area is 187 Å². The van der Waals surface area contributed by atoms with Crippen LogP contribution in [0.15, 0.2) is 89.7 Å². The normalized spacial score (nSPS) is 11.7. The first-order valence-corrected chi connectivity index (χ1v) is 10.5. The number of carbonyl (C=O) groups is 1. The lowest BCUT2D eigenvalue weighted by molar-refractivity contribution is -0.117. The van der Waals surface area contributed by atoms with Gasteiger partial charge in [-0.3, -0.25) is 14.3 Å². The smallest absolute Gasteiger partial charge is 0.295 e. The van der Waals surface area contributed by atoms with Crippen LogP contribution in [0.1, 0.15) is 22.9 Å². The largest absolute Gasteiger partial charge is 0.364 e. The van der Waals surface area contributed by atoms with Crippen molar-refractivity contribution in [2.45, 2.75) is 19.9 Å². The summed E-state index contributed by atoms with van der Waals surface area (Å²) in [4.78, 5) is 26.6. The van der Waals surface area contributed by atoms with Gasteiger partial charge in [0.25, 0.3) is 11.5 Å². The van der Waals surface area contributed by atoms with Crippen LogP contribution in [0.25, 0.3) is 5.69 Å². The van der Waals surface area contributed by atoms with Crippen LogP contribution in [-0.2, 0) is 11.8 Å². The van der Waals surface area contributed by atoms with Crippen molar-refractivity contribution in [3.63, 3.8) is 0 Å². The molecular weight excluding hydrogens is 400 g/mol. The predicted molar refractivity (Wildman–Crippen MR) is 128 cm³/mol. The molecule has 2 N–H and O–H groups in total. The quantitative estimate of drug-likeness (QED) is 0.474. The van der Waals surface area contributed by atoms with Gasteiger partial charge < -0.3 is 10.6 Å². The number of rotatable bonds is 6. The molecule has 162 valence electrons. The van der Waals surface area contributed by atoms with E-state index in [4.69, 9.17) is 0 Å². The highest BCUT2D eigenvalue weighted by Gasteiger charge is 2.25. The minimum absolute atomic E-state index is 0.208. The van der Waals surface area contributed by atoms with Gasteiger partial charge in [0.15, 0.2) is 0 Å². The van der Waals surface area contributed by atoms with Gasteiger partial charge in [-0.05, 0) is 43.7 Å². The molecule has 0 unspecified atom stereocenters. The monoisotopic (exact) mass is 426 g/mol. The standard InChI is InChI=1S/C26H26N4O2/c1-18-14-16-21(17-15-18)27-25(31)24(20-10-6-4-7-11-20)28-23-19(2)29(3)30(26(23)32)22-12-8-5-9-13-22/h4-17,24,28H,1-3H3,(H,27,31)/t24-/m1/s1. The molecule has 0 bridgehead atoms. The van der Waals surface area contributed by atoms with Crippen molar-refractivity contribution in [3.8, 4) is 5.69 Å². The predicted octanol–water partition coefficient (Wildman–Crippen LogP) is 4.58. The van der Waals surface area contributed by atoms with Gasteiger partial charge in [-0.1, -0.05) is 66.2 Å². The molecule has 0 spiro atoms. The first kappa shape index (κ1) is 21.2. The molecule has 0 aliphatic carbocycles. The van der Waals surface area contributed by atoms with E-state index in [1.165, 1.54) is 0 Å². The third-order valence-electron chi connectivity index (χ3n) is 5.56. The maximum atomic E-state index is 13.3. The number of aryl methyl sites for hydroxylation is 1. The van der Waals surface area contributed by atoms with E-state index in [2.05, 4.69) is 10.6 Å². The van der Waals surface area contributed by atoms with Gasteiger partial charge in [0, 0.05) is 12.7 Å². The molecular formula is C26H26N4O2. The fourth-order valence-corrected chi connectivity index (χ4v) is 3.68. The highest BCUT2D eigenvalue weighted by Crippen LogP contribution is 2.23. The SMILES string of the molecule is Cc1ccc(NC(=O)[C@H](Nc2c(C)n(C)n(-c3ccccc3)c2=O)c2ccccc2)cc1. The van der Waals surface area contributed by atoms with Crippen LogP contribution in [0.3, 0.4) is 0 Å². The molecule has 1 amide bonds. The van der Waals surface area contributed by atoms with Gasteiger partial charge in [-0.25, -0.2) is 4.68 Å². The molecule has 4 aromatic rings. The second-order valence-electron chi connectivity index (χ2n) is 7.78. The summed E-state index contributed by atoms with van der Waals surface area (Å²) < 4.78 is 3.39. The Balaban J connectivity index is 1.71. The summed E-state index contributed by atoms with van der Waals surface area (Å²) >= 11 is 0. The lowest BCUT2D eigenvalue weighted by Gasteiger charge is -2.19. The zero-order valence-electron chi connectivity index (χ0n) is 18.4. The molecule has 0 saturated carbocycles. The van der Waals surface area contributed by atoms with Crippen molar-refractivity contribution in [2.24, 2.45) is 7.05 Å². The van der Waals surface area contributed by atoms with Crippen LogP contribution < -0.4 is 16.2 Å². The van der Waals surface area contributed by atoms with Crippen molar-refractivity contribution in [1.29, 1.82) is 0 Å². The van der Waals surface area contributed by atoms with Crippen molar-refractivity contribution in [3.05, 3.63) is 112 Å². The second-order valence-corrected chi connectivity index (χ2v) is 7.78. The van der Waals surface area contributed by atoms with Crippen molar-refractivity contribution in [1.82, 2.24) is 9.36 Å². The Kier molecular flexibility index (Phi) is 5.94. The van der Waals surface area contributed by atoms with E-state index in [0.29, 0.717) is 11.4 Å². The number of hydrogen-bond donors (Lipinski definition) is 2. The van der Waals surface area contributed by atoms with Crippen LogP contribution in [0.5, 0.6) is 0 Å². The molecule has 4 rings (SSSR count). The lowest BCUT2D eigenvalue weighted by atomic mass is 10.1. The summed E-state index contributed by atoms with van der Waals surface area (Å²) in [6.07, 6.45) is 0. The number of carbonyl (C=O) groups excluding carboxylic acids is 1. The Morgan fingerprint density at radius 2 is 1.44 bits per heavy atom. The Morgan fingerprint density at radius 1 is 0.844 bits per heavy atom. The topological polar surface area (TPSA) is 68.1 Å². The highest BCUT2D eigenvalue weighted by atomic mass is 16.2. The molecule has 0 fully saturated rings. The number of hydrogen-bond acceptors (Lipinski definition) is 3. The summed E-state index contributed by atoms with van der Waals surface area (Å²) in [7, 11) is 1.83. The van der Waals surface area contributed by atoms with E-state index in [1.807, 2.05) is 106 Å². The first-order chi connectivity index (χ1) is 15.5. The van der Waals surface area contributed by atoms with Crippen LogP contribution in [-0.4, -0.2) is 15.3 Å². The molecule has 1 heterocycles. The summed E-state index contributed by atoms with van der Waals surface area (Å²) in [6, 6.07) is 25.7. The van der Waals surface area contributed by atoms with E-state index in [1.54, 1.807) is 9.36 Å². The molecule has 0 radical (unpaired) electrons. The van der Waals surface area contributed by atoms with E-state index in [9.17, 15) is 9.59 Å². The van der Waals surface area contributed by atoms with Crippen LogP contribution in [0.2, 0.25) is 0 Å². The Hall–Kier alpha value is -4.06. The van der Waals surface area contributed by atoms with Gasteiger partial charge in [0.2, 0.25) is 0 Å². The molecule has 1 aromatic heterocycles. The van der Waals surface area contributed by atoms with E-state index >= 15 is 0 Å². The number of amides is 1. The summed E-state index contributed by atoms with van der Waals surface area (Å²) in [5, 5.41) is 6.19. The summed E-state index contributed by atoms with van der Waals surface area (Å²) in [5.74, 6) is -0.242. The fraction of sp³-hybridized carbons (Fsp3) is 0.154. The highest BCUT2D eigenvalue weighted by molar-refractivity contribution is 5.97. The molecule has 0 aliphatic rings.